The summed E-state index contributed by atoms with van der Waals surface area (Å²) in [4.78, 5) is 26.2. The number of fused-ring (bicyclic) bond motifs is 2. The molecular weight excluding hydrogens is 464 g/mol. The van der Waals surface area contributed by atoms with Crippen molar-refractivity contribution < 1.29 is 4.79 Å². The number of nitrogens with zero attached hydrogens (tertiary/aromatic N) is 2. The summed E-state index contributed by atoms with van der Waals surface area (Å²) < 4.78 is 1.64. The number of nitrogens with one attached hydrogen (secondary N) is 2. The van der Waals surface area contributed by atoms with E-state index in [0.717, 1.165) is 28.7 Å². The van der Waals surface area contributed by atoms with Gasteiger partial charge in [-0.3, -0.25) is 9.59 Å². The van der Waals surface area contributed by atoms with Crippen molar-refractivity contribution in [2.75, 3.05) is 5.32 Å². The molecule has 0 radical (unpaired) electrons. The summed E-state index contributed by atoms with van der Waals surface area (Å²) in [7, 11) is 0. The first kappa shape index (κ1) is 21.6. The summed E-state index contributed by atoms with van der Waals surface area (Å²) in [5.74, 6) is 1.77. The summed E-state index contributed by atoms with van der Waals surface area (Å²) in [6.45, 7) is 9.45. The first-order chi connectivity index (χ1) is 14.2. The van der Waals surface area contributed by atoms with E-state index in [0.29, 0.717) is 34.1 Å². The zero-order valence-electron chi connectivity index (χ0n) is 17.9. The molecule has 8 heteroatoms. The number of amides is 1. The molecule has 30 heavy (non-hydrogen) atoms. The minimum absolute atomic E-state index is 0.0969. The molecule has 0 aromatic carbocycles. The van der Waals surface area contributed by atoms with Gasteiger partial charge in [-0.15, -0.1) is 11.3 Å². The molecule has 2 bridgehead atoms. The number of aromatic nitrogens is 2. The maximum atomic E-state index is 12.7. The number of halogens is 1. The predicted molar refractivity (Wildman–Crippen MR) is 124 cm³/mol. The second-order valence-electron chi connectivity index (χ2n) is 9.34. The van der Waals surface area contributed by atoms with E-state index in [4.69, 9.17) is 0 Å². The van der Waals surface area contributed by atoms with E-state index in [9.17, 15) is 9.59 Å². The molecule has 0 spiro atoms. The second-order valence-corrected chi connectivity index (χ2v) is 11.1. The number of anilines is 1. The Morgan fingerprint density at radius 2 is 2.17 bits per heavy atom. The van der Waals surface area contributed by atoms with Gasteiger partial charge in [0.15, 0.2) is 0 Å². The predicted octanol–water partition coefficient (Wildman–Crippen LogP) is 4.17. The van der Waals surface area contributed by atoms with Gasteiger partial charge in [0, 0.05) is 10.9 Å². The Labute approximate surface area is 189 Å². The monoisotopic (exact) mass is 492 g/mol. The quantitative estimate of drug-likeness (QED) is 0.634. The molecule has 6 nitrogen and oxygen atoms in total. The third-order valence-corrected chi connectivity index (χ3v) is 9.18. The molecule has 2 aromatic heterocycles. The zero-order chi connectivity index (χ0) is 21.6. The van der Waals surface area contributed by atoms with Crippen LogP contribution in [0.2, 0.25) is 0 Å². The lowest BCUT2D eigenvalue weighted by molar-refractivity contribution is -0.122. The first-order valence-electron chi connectivity index (χ1n) is 10.5. The molecule has 0 saturated heterocycles. The number of carbonyl (C=O) groups excluding carboxylic acids is 1. The minimum Gasteiger partial charge on any atom is -0.380 e. The molecule has 2 heterocycles. The summed E-state index contributed by atoms with van der Waals surface area (Å²) in [6, 6.07) is 2.37. The van der Waals surface area contributed by atoms with Crippen molar-refractivity contribution in [3.8, 4) is 0 Å². The van der Waals surface area contributed by atoms with E-state index in [1.165, 1.54) is 11.1 Å². The van der Waals surface area contributed by atoms with E-state index in [1.807, 2.05) is 18.4 Å². The van der Waals surface area contributed by atoms with Crippen LogP contribution in [0.15, 0.2) is 26.9 Å². The average Bonchev–Trinajstić information content (AvgIpc) is 3.11. The van der Waals surface area contributed by atoms with Crippen LogP contribution in [0.3, 0.4) is 0 Å². The summed E-state index contributed by atoms with van der Waals surface area (Å²) >= 11 is 5.04. The molecule has 4 atom stereocenters. The molecule has 1 amide bonds. The summed E-state index contributed by atoms with van der Waals surface area (Å²) in [6.07, 6.45) is 4.08. The normalized spacial score (nSPS) is 26.7. The lowest BCUT2D eigenvalue weighted by atomic mass is 9.45. The molecular formula is C22H29BrN4O2S. The van der Waals surface area contributed by atoms with Crippen LogP contribution in [0.5, 0.6) is 0 Å². The van der Waals surface area contributed by atoms with E-state index in [-0.39, 0.29) is 18.0 Å². The van der Waals surface area contributed by atoms with Gasteiger partial charge >= 0.3 is 0 Å². The lowest BCUT2D eigenvalue weighted by Crippen LogP contribution is -2.58. The Morgan fingerprint density at radius 1 is 1.40 bits per heavy atom. The highest BCUT2D eigenvalue weighted by Crippen LogP contribution is 2.61. The van der Waals surface area contributed by atoms with E-state index in [2.05, 4.69) is 52.4 Å². The van der Waals surface area contributed by atoms with E-state index < -0.39 is 0 Å². The van der Waals surface area contributed by atoms with Crippen molar-refractivity contribution in [2.24, 2.45) is 23.2 Å². The van der Waals surface area contributed by atoms with Crippen LogP contribution in [-0.4, -0.2) is 21.7 Å². The van der Waals surface area contributed by atoms with Gasteiger partial charge in [-0.25, -0.2) is 4.68 Å². The molecule has 3 fully saturated rings. The molecule has 2 aromatic rings. The molecule has 0 unspecified atom stereocenters. The first-order valence-corrected chi connectivity index (χ1v) is 12.2. The van der Waals surface area contributed by atoms with E-state index in [1.54, 1.807) is 17.5 Å². The Balaban J connectivity index is 1.39. The van der Waals surface area contributed by atoms with Gasteiger partial charge in [0.05, 0.1) is 18.4 Å². The third-order valence-electron chi connectivity index (χ3n) is 7.39. The van der Waals surface area contributed by atoms with Crippen molar-refractivity contribution in [3.05, 3.63) is 42.9 Å². The van der Waals surface area contributed by atoms with E-state index >= 15 is 0 Å². The maximum absolute atomic E-state index is 12.7. The van der Waals surface area contributed by atoms with Crippen LogP contribution in [0.4, 0.5) is 5.69 Å². The van der Waals surface area contributed by atoms with Crippen LogP contribution in [0.25, 0.3) is 0 Å². The Bertz CT molecular complexity index is 1010. The number of rotatable bonds is 6. The number of aryl methyl sites for hydroxylation is 1. The SMILES string of the molecule is Cc1ccsc1CNC(=O)Cn1ncc(N[C@@H]2C[C@@H]3C[C@H]([C@H]2C)C3(C)C)c(Br)c1=O. The lowest BCUT2D eigenvalue weighted by Gasteiger charge is -2.62. The molecule has 3 aliphatic rings. The number of thiophene rings is 1. The van der Waals surface area contributed by atoms with Crippen molar-refractivity contribution in [3.63, 3.8) is 0 Å². The highest BCUT2D eigenvalue weighted by atomic mass is 79.9. The molecule has 162 valence electrons. The summed E-state index contributed by atoms with van der Waals surface area (Å²) in [5, 5.41) is 12.7. The van der Waals surface area contributed by atoms with Crippen LogP contribution < -0.4 is 16.2 Å². The van der Waals surface area contributed by atoms with Gasteiger partial charge in [0.2, 0.25) is 5.91 Å². The number of hydrogen-bond acceptors (Lipinski definition) is 5. The fourth-order valence-corrected chi connectivity index (χ4v) is 6.44. The maximum Gasteiger partial charge on any atom is 0.283 e. The standard InChI is InChI=1S/C22H29BrN4O2S/c1-12-5-6-30-18(12)10-24-19(28)11-27-21(29)20(23)17(9-25-27)26-16-8-14-7-15(13(16)2)22(14,3)4/h5-6,9,13-16,26H,7-8,10-11H2,1-4H3,(H,24,28)/t13-,14+,15-,16-/m1/s1. The Hall–Kier alpha value is -1.67. The van der Waals surface area contributed by atoms with Gasteiger partial charge in [-0.2, -0.15) is 5.10 Å². The fourth-order valence-electron chi connectivity index (χ4n) is 5.17. The van der Waals surface area contributed by atoms with Crippen LogP contribution in [0.1, 0.15) is 44.1 Å². The van der Waals surface area contributed by atoms with Crippen molar-refractivity contribution in [1.82, 2.24) is 15.1 Å². The fraction of sp³-hybridized carbons (Fsp3) is 0.591. The highest BCUT2D eigenvalue weighted by molar-refractivity contribution is 9.10. The zero-order valence-corrected chi connectivity index (χ0v) is 20.3. The third kappa shape index (κ3) is 3.84. The van der Waals surface area contributed by atoms with Gasteiger partial charge in [-0.1, -0.05) is 20.8 Å². The largest absolute Gasteiger partial charge is 0.380 e. The molecule has 3 saturated carbocycles. The molecule has 5 rings (SSSR count). The smallest absolute Gasteiger partial charge is 0.283 e. The van der Waals surface area contributed by atoms with Crippen LogP contribution in [0, 0.1) is 30.1 Å². The van der Waals surface area contributed by atoms with Gasteiger partial charge < -0.3 is 10.6 Å². The summed E-state index contributed by atoms with van der Waals surface area (Å²) in [5.41, 5.74) is 2.00. The van der Waals surface area contributed by atoms with Crippen LogP contribution in [-0.2, 0) is 17.9 Å². The van der Waals surface area contributed by atoms with Gasteiger partial charge in [-0.05, 0) is 75.9 Å². The Morgan fingerprint density at radius 3 is 2.80 bits per heavy atom. The molecule has 3 aliphatic carbocycles. The van der Waals surface area contributed by atoms with Crippen molar-refractivity contribution >= 4 is 38.9 Å². The van der Waals surface area contributed by atoms with Crippen LogP contribution >= 0.6 is 27.3 Å². The van der Waals surface area contributed by atoms with Crippen molar-refractivity contribution in [1.29, 1.82) is 0 Å². The number of hydrogen-bond donors (Lipinski definition) is 2. The second kappa shape index (κ2) is 8.11. The minimum atomic E-state index is -0.295. The Kier molecular flexibility index (Phi) is 5.83. The number of carbonyl (C=O) groups is 1. The van der Waals surface area contributed by atoms with Crippen molar-refractivity contribution in [2.45, 2.75) is 59.7 Å². The topological polar surface area (TPSA) is 76.0 Å². The molecule has 2 N–H and O–H groups in total. The van der Waals surface area contributed by atoms with Gasteiger partial charge in [0.25, 0.3) is 5.56 Å². The molecule has 0 aliphatic heterocycles. The average molecular weight is 493 g/mol. The van der Waals surface area contributed by atoms with Gasteiger partial charge in [0.1, 0.15) is 11.0 Å². The highest BCUT2D eigenvalue weighted by Gasteiger charge is 2.56.